The van der Waals surface area contributed by atoms with E-state index in [0.29, 0.717) is 36.8 Å². The smallest absolute Gasteiger partial charge is 0.422 e. The number of carbonyl (C=O) groups excluding carboxylic acids is 5. The van der Waals surface area contributed by atoms with E-state index >= 15 is 4.79 Å². The first-order valence-electron chi connectivity index (χ1n) is 22.8. The van der Waals surface area contributed by atoms with Gasteiger partial charge in [0, 0.05) is 38.3 Å². The first kappa shape index (κ1) is 49.3. The van der Waals surface area contributed by atoms with E-state index in [2.05, 4.69) is 23.9 Å². The van der Waals surface area contributed by atoms with E-state index in [9.17, 15) is 37.5 Å². The van der Waals surface area contributed by atoms with Crippen molar-refractivity contribution in [2.75, 3.05) is 19.8 Å². The molecule has 5 aliphatic rings. The highest BCUT2D eigenvalue weighted by Crippen LogP contribution is 2.59. The number of hydrogen-bond donors (Lipinski definition) is 2. The Morgan fingerprint density at radius 1 is 1.00 bits per heavy atom. The highest BCUT2D eigenvalue weighted by Gasteiger charge is 2.77. The first-order valence-corrected chi connectivity index (χ1v) is 22.8. The number of halogens is 3. The van der Waals surface area contributed by atoms with Crippen molar-refractivity contribution in [1.82, 2.24) is 15.3 Å². The Morgan fingerprint density at radius 2 is 1.67 bits per heavy atom. The largest absolute Gasteiger partial charge is 0.460 e. The summed E-state index contributed by atoms with van der Waals surface area (Å²) in [5.41, 5.74) is -1.12. The Labute approximate surface area is 372 Å². The number of fused-ring (bicyclic) bond motifs is 4. The number of aliphatic hydroxyl groups excluding tert-OH is 1. The molecule has 1 aliphatic carbocycles. The van der Waals surface area contributed by atoms with Gasteiger partial charge in [0.25, 0.3) is 0 Å². The third kappa shape index (κ3) is 11.5. The fourth-order valence-corrected chi connectivity index (χ4v) is 9.70. The quantitative estimate of drug-likeness (QED) is 0.0691. The summed E-state index contributed by atoms with van der Waals surface area (Å²) in [6.07, 6.45) is 1.92. The van der Waals surface area contributed by atoms with Crippen LogP contribution < -0.4 is 5.32 Å². The summed E-state index contributed by atoms with van der Waals surface area (Å²) in [4.78, 5) is 76.5. The molecule has 1 aromatic carbocycles. The van der Waals surface area contributed by atoms with Crippen molar-refractivity contribution in [2.24, 2.45) is 5.41 Å². The molecule has 0 spiro atoms. The van der Waals surface area contributed by atoms with Crippen molar-refractivity contribution in [3.63, 3.8) is 0 Å². The summed E-state index contributed by atoms with van der Waals surface area (Å²) in [5.74, 6) is -4.23. The van der Waals surface area contributed by atoms with Crippen LogP contribution in [0.5, 0.6) is 0 Å². The minimum Gasteiger partial charge on any atom is -0.460 e. The molecule has 2 bridgehead atoms. The van der Waals surface area contributed by atoms with Gasteiger partial charge in [-0.2, -0.15) is 18.2 Å². The van der Waals surface area contributed by atoms with Crippen LogP contribution in [0.4, 0.5) is 13.2 Å². The Hall–Kier alpha value is -4.10. The molecule has 1 aromatic rings. The van der Waals surface area contributed by atoms with E-state index in [1.165, 1.54) is 16.0 Å². The molecule has 18 heteroatoms. The molecule has 4 saturated heterocycles. The third-order valence-corrected chi connectivity index (χ3v) is 12.6. The lowest BCUT2D eigenvalue weighted by Crippen LogP contribution is -2.70. The zero-order chi connectivity index (χ0) is 46.5. The van der Waals surface area contributed by atoms with Crippen molar-refractivity contribution >= 4 is 35.8 Å². The molecule has 8 atom stereocenters. The minimum absolute atomic E-state index is 0.00368. The molecule has 64 heavy (non-hydrogen) atoms. The van der Waals surface area contributed by atoms with Gasteiger partial charge in [0.2, 0.25) is 11.8 Å². The third-order valence-electron chi connectivity index (χ3n) is 12.6. The average Bonchev–Trinajstić information content (AvgIpc) is 3.96. The SMILES string of the molecule is CCCCCC1(CCCCC)OC2C3CC4(C(=O)N5CCCC5C(=O)NC(CO)CCC(=O)OC(C)(C)C)C(ON(Cc5ccc(C=CC(=O)OCC(F)(F)F)cc5)C4C(=O)O3)C2O1. The van der Waals surface area contributed by atoms with Crippen LogP contribution in [0.2, 0.25) is 0 Å². The molecule has 0 radical (unpaired) electrons. The van der Waals surface area contributed by atoms with E-state index in [1.54, 1.807) is 45.0 Å². The van der Waals surface area contributed by atoms with Gasteiger partial charge in [-0.15, -0.1) is 0 Å². The molecule has 2 N–H and O–H groups in total. The van der Waals surface area contributed by atoms with Crippen LogP contribution in [-0.4, -0.2) is 125 Å². The van der Waals surface area contributed by atoms with Crippen molar-refractivity contribution in [2.45, 2.75) is 185 Å². The summed E-state index contributed by atoms with van der Waals surface area (Å²) in [5, 5.41) is 14.5. The van der Waals surface area contributed by atoms with Gasteiger partial charge in [0.15, 0.2) is 18.4 Å². The lowest BCUT2D eigenvalue weighted by atomic mass is 9.62. The molecular weight excluding hydrogens is 844 g/mol. The van der Waals surface area contributed by atoms with Crippen LogP contribution in [0, 0.1) is 5.41 Å². The van der Waals surface area contributed by atoms with Gasteiger partial charge in [0.05, 0.1) is 19.2 Å². The standard InChI is InChI=1S/C46H64F3N3O12/c1-6-8-10-22-44(23-11-9-7-2)62-36-33-25-45(42(58)51-24-12-13-32(51)40(56)50-31(27-53)19-21-35(55)61-43(3,4)5)38(41(57)60-33)52(64-39(45)37(36)63-44)26-30-16-14-29(15-17-30)18-20-34(54)59-28-46(47,48)49/h14-18,20,31-33,36-39,53H,6-13,19,21-28H2,1-5H3,(H,50,56). The van der Waals surface area contributed by atoms with Gasteiger partial charge >= 0.3 is 24.1 Å². The molecule has 4 heterocycles. The van der Waals surface area contributed by atoms with E-state index in [-0.39, 0.29) is 32.4 Å². The normalized spacial score (nSPS) is 27.9. The summed E-state index contributed by atoms with van der Waals surface area (Å²) in [6, 6.07) is 3.70. The van der Waals surface area contributed by atoms with Crippen LogP contribution in [-0.2, 0) is 59.0 Å². The Bertz CT molecular complexity index is 1840. The number of benzene rings is 1. The van der Waals surface area contributed by atoms with Gasteiger partial charge < -0.3 is 39.0 Å². The summed E-state index contributed by atoms with van der Waals surface area (Å²) >= 11 is 0. The molecule has 15 nitrogen and oxygen atoms in total. The topological polar surface area (TPSA) is 179 Å². The monoisotopic (exact) mass is 907 g/mol. The number of carbonyl (C=O) groups is 5. The second-order valence-corrected chi connectivity index (χ2v) is 18.7. The molecule has 8 unspecified atom stereocenters. The second kappa shape index (κ2) is 20.6. The lowest BCUT2D eigenvalue weighted by Gasteiger charge is -2.50. The van der Waals surface area contributed by atoms with E-state index < -0.39 is 108 Å². The van der Waals surface area contributed by atoms with Gasteiger partial charge in [-0.1, -0.05) is 63.8 Å². The fraction of sp³-hybridized carbons (Fsp3) is 0.717. The fourth-order valence-electron chi connectivity index (χ4n) is 9.70. The number of hydrogen-bond acceptors (Lipinski definition) is 13. The van der Waals surface area contributed by atoms with Crippen molar-refractivity contribution < 1.29 is 70.8 Å². The molecule has 1 saturated carbocycles. The molecular formula is C46H64F3N3O12. The summed E-state index contributed by atoms with van der Waals surface area (Å²) < 4.78 is 67.2. The number of ether oxygens (including phenoxy) is 5. The predicted molar refractivity (Wildman–Crippen MR) is 223 cm³/mol. The van der Waals surface area contributed by atoms with Crippen LogP contribution in [0.1, 0.15) is 129 Å². The zero-order valence-electron chi connectivity index (χ0n) is 37.5. The number of aliphatic hydroxyl groups is 1. The average molecular weight is 908 g/mol. The van der Waals surface area contributed by atoms with Crippen molar-refractivity contribution in [3.8, 4) is 0 Å². The van der Waals surface area contributed by atoms with Gasteiger partial charge in [-0.3, -0.25) is 24.0 Å². The Kier molecular flexibility index (Phi) is 15.9. The molecule has 6 rings (SSSR count). The minimum atomic E-state index is -4.65. The van der Waals surface area contributed by atoms with Crippen molar-refractivity contribution in [3.05, 3.63) is 41.5 Å². The first-order chi connectivity index (χ1) is 30.3. The molecule has 356 valence electrons. The number of rotatable bonds is 20. The molecule has 4 aliphatic heterocycles. The van der Waals surface area contributed by atoms with E-state index in [0.717, 1.165) is 44.6 Å². The number of amides is 2. The van der Waals surface area contributed by atoms with Crippen LogP contribution in [0.25, 0.3) is 6.08 Å². The van der Waals surface area contributed by atoms with Crippen LogP contribution in [0.15, 0.2) is 30.3 Å². The van der Waals surface area contributed by atoms with E-state index in [4.69, 9.17) is 23.8 Å². The number of likely N-dealkylation sites (tertiary alicyclic amines) is 1. The molecule has 0 aromatic heterocycles. The maximum atomic E-state index is 15.5. The van der Waals surface area contributed by atoms with Gasteiger partial charge in [-0.25, -0.2) is 4.79 Å². The predicted octanol–water partition coefficient (Wildman–Crippen LogP) is 5.84. The number of nitrogens with zero attached hydrogens (tertiary/aromatic N) is 2. The van der Waals surface area contributed by atoms with Crippen LogP contribution >= 0.6 is 0 Å². The van der Waals surface area contributed by atoms with Crippen molar-refractivity contribution in [1.29, 1.82) is 0 Å². The number of alkyl halides is 3. The highest BCUT2D eigenvalue weighted by molar-refractivity contribution is 5.96. The van der Waals surface area contributed by atoms with E-state index in [1.807, 2.05) is 0 Å². The van der Waals surface area contributed by atoms with Gasteiger partial charge in [0.1, 0.15) is 41.5 Å². The Balaban J connectivity index is 1.28. The molecule has 2 amide bonds. The number of nitrogens with one attached hydrogen (secondary N) is 1. The van der Waals surface area contributed by atoms with Gasteiger partial charge in [-0.05, 0) is 70.1 Å². The highest BCUT2D eigenvalue weighted by atomic mass is 19.4. The maximum Gasteiger partial charge on any atom is 0.422 e. The summed E-state index contributed by atoms with van der Waals surface area (Å²) in [7, 11) is 0. The number of hydroxylamine groups is 2. The second-order valence-electron chi connectivity index (χ2n) is 18.7. The molecule has 5 fully saturated rings. The summed E-state index contributed by atoms with van der Waals surface area (Å²) in [6.45, 7) is 7.56. The maximum absolute atomic E-state index is 15.5. The zero-order valence-corrected chi connectivity index (χ0v) is 37.5. The number of esters is 3. The Morgan fingerprint density at radius 3 is 2.30 bits per heavy atom. The lowest BCUT2D eigenvalue weighted by molar-refractivity contribution is -0.225. The number of unbranched alkanes of at least 4 members (excludes halogenated alkanes) is 4. The van der Waals surface area contributed by atoms with Crippen LogP contribution in [0.3, 0.4) is 0 Å².